The van der Waals surface area contributed by atoms with Crippen LogP contribution >= 0.6 is 0 Å². The average molecular weight is 288 g/mol. The smallest absolute Gasteiger partial charge is 0.265 e. The van der Waals surface area contributed by atoms with Gasteiger partial charge in [-0.25, -0.2) is 4.68 Å². The summed E-state index contributed by atoms with van der Waals surface area (Å²) >= 11 is 0. The minimum Gasteiger partial charge on any atom is -0.477 e. The third kappa shape index (κ3) is 2.09. The Balaban J connectivity index is 1.59. The van der Waals surface area contributed by atoms with E-state index in [0.29, 0.717) is 23.9 Å². The first-order chi connectivity index (χ1) is 10.3. The average Bonchev–Trinajstić information content (AvgIpc) is 3.12. The number of carbonyl (C=O) groups is 1. The Morgan fingerprint density at radius 2 is 2.19 bits per heavy atom. The molecule has 1 aliphatic carbocycles. The highest BCUT2D eigenvalue weighted by Gasteiger charge is 2.25. The summed E-state index contributed by atoms with van der Waals surface area (Å²) in [5, 5.41) is 11.0. The fourth-order valence-corrected chi connectivity index (χ4v) is 2.88. The Kier molecular flexibility index (Phi) is 2.90. The van der Waals surface area contributed by atoms with Crippen molar-refractivity contribution < 1.29 is 14.1 Å². The fraction of sp³-hybridized carbons (Fsp3) is 0.500. The lowest BCUT2D eigenvalue weighted by Crippen LogP contribution is -2.18. The molecule has 1 aliphatic heterocycles. The number of hydrogen-bond acceptors (Lipinski definition) is 5. The fourth-order valence-electron chi connectivity index (χ4n) is 2.88. The van der Waals surface area contributed by atoms with E-state index in [1.807, 2.05) is 0 Å². The number of rotatable bonds is 2. The lowest BCUT2D eigenvalue weighted by Gasteiger charge is -2.15. The van der Waals surface area contributed by atoms with Crippen molar-refractivity contribution in [3.63, 3.8) is 0 Å². The van der Waals surface area contributed by atoms with Crippen LogP contribution in [-0.4, -0.2) is 27.5 Å². The molecule has 0 spiro atoms. The normalized spacial score (nSPS) is 16.8. The van der Waals surface area contributed by atoms with Gasteiger partial charge in [-0.2, -0.15) is 5.10 Å². The number of nitrogens with zero attached hydrogens (tertiary/aromatic N) is 3. The zero-order chi connectivity index (χ0) is 14.2. The Labute approximate surface area is 121 Å². The maximum Gasteiger partial charge on any atom is 0.265 e. The summed E-state index contributed by atoms with van der Waals surface area (Å²) in [7, 11) is 0. The van der Waals surface area contributed by atoms with E-state index in [9.17, 15) is 4.79 Å². The van der Waals surface area contributed by atoms with Gasteiger partial charge in [-0.1, -0.05) is 5.16 Å². The lowest BCUT2D eigenvalue weighted by atomic mass is 9.98. The van der Waals surface area contributed by atoms with Crippen LogP contribution in [-0.2, 0) is 19.4 Å². The van der Waals surface area contributed by atoms with Crippen LogP contribution < -0.4 is 10.1 Å². The van der Waals surface area contributed by atoms with Gasteiger partial charge in [0.2, 0.25) is 11.8 Å². The highest BCUT2D eigenvalue weighted by molar-refractivity contribution is 6.05. The molecule has 0 fully saturated rings. The van der Waals surface area contributed by atoms with E-state index in [2.05, 4.69) is 15.6 Å². The summed E-state index contributed by atoms with van der Waals surface area (Å²) in [6.07, 6.45) is 6.49. The van der Waals surface area contributed by atoms with Crippen molar-refractivity contribution in [3.05, 3.63) is 23.0 Å². The predicted octanol–water partition coefficient (Wildman–Crippen LogP) is 1.78. The second-order valence-electron chi connectivity index (χ2n) is 5.39. The highest BCUT2D eigenvalue weighted by Crippen LogP contribution is 2.29. The molecule has 4 rings (SSSR count). The molecular formula is C14H16N4O3. The summed E-state index contributed by atoms with van der Waals surface area (Å²) < 4.78 is 12.5. The molecule has 2 aromatic rings. The molecule has 0 radical (unpaired) electrons. The number of ether oxygens (including phenoxy) is 1. The summed E-state index contributed by atoms with van der Waals surface area (Å²) in [5.74, 6) is 0.736. The first-order valence-electron chi connectivity index (χ1n) is 7.30. The van der Waals surface area contributed by atoms with Gasteiger partial charge in [0.1, 0.15) is 5.56 Å². The van der Waals surface area contributed by atoms with E-state index in [-0.39, 0.29) is 5.91 Å². The van der Waals surface area contributed by atoms with Crippen LogP contribution in [0.5, 0.6) is 5.88 Å². The molecule has 2 aromatic heterocycles. The number of nitrogens with one attached hydrogen (secondary N) is 1. The van der Waals surface area contributed by atoms with Gasteiger partial charge in [0, 0.05) is 18.5 Å². The van der Waals surface area contributed by atoms with Gasteiger partial charge >= 0.3 is 0 Å². The molecule has 21 heavy (non-hydrogen) atoms. The standard InChI is InChI=1S/C14H16N4O3/c19-12(10-8-15-18-6-3-7-20-14(10)18)16-13-9-4-1-2-5-11(9)17-21-13/h8H,1-7H2,(H,16,19). The second kappa shape index (κ2) is 4.91. The quantitative estimate of drug-likeness (QED) is 0.911. The van der Waals surface area contributed by atoms with Crippen molar-refractivity contribution >= 4 is 11.8 Å². The summed E-state index contributed by atoms with van der Waals surface area (Å²) in [5.41, 5.74) is 2.43. The summed E-state index contributed by atoms with van der Waals surface area (Å²) in [6, 6.07) is 0. The molecule has 3 heterocycles. The van der Waals surface area contributed by atoms with Crippen LogP contribution in [0.4, 0.5) is 5.88 Å². The van der Waals surface area contributed by atoms with E-state index in [1.165, 1.54) is 0 Å². The topological polar surface area (TPSA) is 82.2 Å². The maximum atomic E-state index is 12.4. The Morgan fingerprint density at radius 1 is 1.29 bits per heavy atom. The minimum atomic E-state index is -0.261. The Morgan fingerprint density at radius 3 is 3.14 bits per heavy atom. The third-order valence-corrected chi connectivity index (χ3v) is 3.98. The van der Waals surface area contributed by atoms with Gasteiger partial charge in [0.05, 0.1) is 18.5 Å². The predicted molar refractivity (Wildman–Crippen MR) is 73.4 cm³/mol. The van der Waals surface area contributed by atoms with Crippen molar-refractivity contribution in [3.8, 4) is 5.88 Å². The number of aromatic nitrogens is 3. The molecule has 0 saturated carbocycles. The van der Waals surface area contributed by atoms with Crippen LogP contribution in [0.3, 0.4) is 0 Å². The van der Waals surface area contributed by atoms with E-state index in [1.54, 1.807) is 10.9 Å². The number of hydrogen-bond donors (Lipinski definition) is 1. The molecule has 110 valence electrons. The molecule has 0 aromatic carbocycles. The van der Waals surface area contributed by atoms with Crippen molar-refractivity contribution in [2.75, 3.05) is 11.9 Å². The minimum absolute atomic E-state index is 0.261. The van der Waals surface area contributed by atoms with E-state index >= 15 is 0 Å². The molecule has 0 bridgehead atoms. The van der Waals surface area contributed by atoms with Crippen LogP contribution in [0.2, 0.25) is 0 Å². The molecule has 0 saturated heterocycles. The number of carbonyl (C=O) groups excluding carboxylic acids is 1. The van der Waals surface area contributed by atoms with Gasteiger partial charge < -0.3 is 9.26 Å². The zero-order valence-electron chi connectivity index (χ0n) is 11.6. The molecule has 7 nitrogen and oxygen atoms in total. The van der Waals surface area contributed by atoms with Gasteiger partial charge in [0.15, 0.2) is 0 Å². The molecule has 1 N–H and O–H groups in total. The second-order valence-corrected chi connectivity index (χ2v) is 5.39. The molecule has 0 atom stereocenters. The number of amides is 1. The maximum absolute atomic E-state index is 12.4. The number of anilines is 1. The number of aryl methyl sites for hydroxylation is 2. The van der Waals surface area contributed by atoms with Gasteiger partial charge in [-0.15, -0.1) is 0 Å². The van der Waals surface area contributed by atoms with Crippen molar-refractivity contribution in [2.24, 2.45) is 0 Å². The Bertz CT molecular complexity index is 688. The Hall–Kier alpha value is -2.31. The van der Waals surface area contributed by atoms with Crippen molar-refractivity contribution in [1.29, 1.82) is 0 Å². The zero-order valence-corrected chi connectivity index (χ0v) is 11.6. The highest BCUT2D eigenvalue weighted by atomic mass is 16.5. The SMILES string of the molecule is O=C(Nc1onc2c1CCCC2)c1cnn2c1OCCC2. The third-order valence-electron chi connectivity index (χ3n) is 3.98. The molecular weight excluding hydrogens is 272 g/mol. The summed E-state index contributed by atoms with van der Waals surface area (Å²) in [6.45, 7) is 1.39. The van der Waals surface area contributed by atoms with E-state index < -0.39 is 0 Å². The largest absolute Gasteiger partial charge is 0.477 e. The first-order valence-corrected chi connectivity index (χ1v) is 7.30. The monoisotopic (exact) mass is 288 g/mol. The van der Waals surface area contributed by atoms with Gasteiger partial charge in [-0.05, 0) is 25.7 Å². The van der Waals surface area contributed by atoms with Gasteiger partial charge in [0.25, 0.3) is 5.91 Å². The molecule has 7 heteroatoms. The van der Waals surface area contributed by atoms with Crippen LogP contribution in [0.1, 0.15) is 40.9 Å². The molecule has 1 amide bonds. The van der Waals surface area contributed by atoms with Crippen LogP contribution in [0.15, 0.2) is 10.7 Å². The van der Waals surface area contributed by atoms with Crippen molar-refractivity contribution in [2.45, 2.75) is 38.6 Å². The van der Waals surface area contributed by atoms with E-state index in [0.717, 1.165) is 49.9 Å². The van der Waals surface area contributed by atoms with Crippen molar-refractivity contribution in [1.82, 2.24) is 14.9 Å². The summed E-state index contributed by atoms with van der Waals surface area (Å²) in [4.78, 5) is 12.4. The van der Waals surface area contributed by atoms with E-state index in [4.69, 9.17) is 9.26 Å². The van der Waals surface area contributed by atoms with Crippen LogP contribution in [0, 0.1) is 0 Å². The number of fused-ring (bicyclic) bond motifs is 2. The lowest BCUT2D eigenvalue weighted by molar-refractivity contribution is 0.101. The van der Waals surface area contributed by atoms with Crippen LogP contribution in [0.25, 0.3) is 0 Å². The molecule has 0 unspecified atom stereocenters. The molecule has 2 aliphatic rings. The van der Waals surface area contributed by atoms with Gasteiger partial charge in [-0.3, -0.25) is 10.1 Å². The first kappa shape index (κ1) is 12.4.